The van der Waals surface area contributed by atoms with Gasteiger partial charge in [-0.25, -0.2) is 13.1 Å². The minimum atomic E-state index is -3.53. The summed E-state index contributed by atoms with van der Waals surface area (Å²) in [6.07, 6.45) is 1.34. The Morgan fingerprint density at radius 2 is 1.71 bits per heavy atom. The molecule has 0 saturated heterocycles. The van der Waals surface area contributed by atoms with Gasteiger partial charge in [0.2, 0.25) is 10.0 Å². The summed E-state index contributed by atoms with van der Waals surface area (Å²) in [6.45, 7) is 0. The lowest BCUT2D eigenvalue weighted by Crippen LogP contribution is -2.35. The highest BCUT2D eigenvalue weighted by Crippen LogP contribution is 2.25. The monoisotopic (exact) mass is 322 g/mol. The number of nitrogens with two attached hydrogens (primary N) is 1. The molecule has 110 valence electrons. The number of halogens is 1. The molecule has 0 radical (unpaired) electrons. The number of nitrogen functional groups attached to an aromatic ring is 1. The lowest BCUT2D eigenvalue weighted by molar-refractivity contribution is 0.555. The molecular weight excluding hydrogens is 308 g/mol. The van der Waals surface area contributed by atoms with Gasteiger partial charge >= 0.3 is 0 Å². The van der Waals surface area contributed by atoms with Gasteiger partial charge in [-0.15, -0.1) is 0 Å². The van der Waals surface area contributed by atoms with E-state index < -0.39 is 10.0 Å². The molecule has 2 aromatic carbocycles. The fourth-order valence-corrected chi connectivity index (χ4v) is 3.98. The van der Waals surface area contributed by atoms with Gasteiger partial charge in [-0.3, -0.25) is 0 Å². The average molecular weight is 323 g/mol. The van der Waals surface area contributed by atoms with Crippen molar-refractivity contribution in [1.29, 1.82) is 0 Å². The first kappa shape index (κ1) is 14.4. The second-order valence-corrected chi connectivity index (χ2v) is 7.36. The molecule has 4 nitrogen and oxygen atoms in total. The van der Waals surface area contributed by atoms with Crippen molar-refractivity contribution in [2.75, 3.05) is 5.73 Å². The van der Waals surface area contributed by atoms with Crippen molar-refractivity contribution in [3.63, 3.8) is 0 Å². The number of hydrogen-bond donors (Lipinski definition) is 2. The molecule has 0 saturated carbocycles. The summed E-state index contributed by atoms with van der Waals surface area (Å²) in [5, 5.41) is 0.512. The van der Waals surface area contributed by atoms with Crippen LogP contribution in [0.25, 0.3) is 0 Å². The predicted molar refractivity (Wildman–Crippen MR) is 83.8 cm³/mol. The predicted octanol–water partition coefficient (Wildman–Crippen LogP) is 2.37. The quantitative estimate of drug-likeness (QED) is 0.852. The smallest absolute Gasteiger partial charge is 0.240 e. The van der Waals surface area contributed by atoms with Crippen LogP contribution in [0.5, 0.6) is 0 Å². The molecule has 3 N–H and O–H groups in total. The van der Waals surface area contributed by atoms with Crippen LogP contribution in [0.3, 0.4) is 0 Å². The van der Waals surface area contributed by atoms with E-state index in [2.05, 4.69) is 4.72 Å². The number of benzene rings is 2. The molecule has 1 aliphatic carbocycles. The van der Waals surface area contributed by atoms with E-state index in [1.54, 1.807) is 12.1 Å². The molecular formula is C15H15ClN2O2S. The first-order chi connectivity index (χ1) is 9.94. The Kier molecular flexibility index (Phi) is 3.65. The molecule has 6 heteroatoms. The third-order valence-corrected chi connectivity index (χ3v) is 5.40. The molecule has 1 atom stereocenters. The highest BCUT2D eigenvalue weighted by atomic mass is 35.5. The van der Waals surface area contributed by atoms with Gasteiger partial charge in [-0.1, -0.05) is 17.7 Å². The van der Waals surface area contributed by atoms with Crippen LogP contribution in [-0.4, -0.2) is 14.5 Å². The standard InChI is InChI=1S/C15H15ClN2O2S/c16-12-2-5-15(6-3-12)21(19,20)18-14-8-10-1-4-13(17)7-11(10)9-14/h1-7,14,18H,8-9,17H2. The summed E-state index contributed by atoms with van der Waals surface area (Å²) in [4.78, 5) is 0.224. The van der Waals surface area contributed by atoms with Crippen molar-refractivity contribution in [1.82, 2.24) is 4.72 Å². The van der Waals surface area contributed by atoms with Gasteiger partial charge in [0.15, 0.2) is 0 Å². The Bertz CT molecular complexity index is 773. The summed E-state index contributed by atoms with van der Waals surface area (Å²) in [7, 11) is -3.53. The normalized spacial score (nSPS) is 17.7. The molecule has 21 heavy (non-hydrogen) atoms. The van der Waals surface area contributed by atoms with Crippen molar-refractivity contribution in [3.05, 3.63) is 58.6 Å². The maximum atomic E-state index is 12.3. The lowest BCUT2D eigenvalue weighted by Gasteiger charge is -2.12. The van der Waals surface area contributed by atoms with Crippen molar-refractivity contribution < 1.29 is 8.42 Å². The molecule has 0 heterocycles. The van der Waals surface area contributed by atoms with Crippen molar-refractivity contribution >= 4 is 27.3 Å². The minimum absolute atomic E-state index is 0.137. The van der Waals surface area contributed by atoms with E-state index in [9.17, 15) is 8.42 Å². The maximum Gasteiger partial charge on any atom is 0.240 e. The maximum absolute atomic E-state index is 12.3. The number of hydrogen-bond acceptors (Lipinski definition) is 3. The van der Waals surface area contributed by atoms with E-state index in [0.29, 0.717) is 23.6 Å². The zero-order valence-electron chi connectivity index (χ0n) is 11.2. The first-order valence-corrected chi connectivity index (χ1v) is 8.45. The fourth-order valence-electron chi connectivity index (χ4n) is 2.62. The number of anilines is 1. The minimum Gasteiger partial charge on any atom is -0.399 e. The molecule has 0 fully saturated rings. The molecule has 0 aromatic heterocycles. The van der Waals surface area contributed by atoms with Crippen LogP contribution >= 0.6 is 11.6 Å². The summed E-state index contributed by atoms with van der Waals surface area (Å²) in [5.41, 5.74) is 8.72. The average Bonchev–Trinajstić information content (AvgIpc) is 2.79. The Hall–Kier alpha value is -1.56. The first-order valence-electron chi connectivity index (χ1n) is 6.59. The molecule has 2 aromatic rings. The van der Waals surface area contributed by atoms with Gasteiger partial charge < -0.3 is 5.73 Å². The number of sulfonamides is 1. The van der Waals surface area contributed by atoms with Crippen LogP contribution in [0.2, 0.25) is 5.02 Å². The zero-order chi connectivity index (χ0) is 15.0. The van der Waals surface area contributed by atoms with E-state index in [-0.39, 0.29) is 10.9 Å². The Balaban J connectivity index is 1.77. The molecule has 0 aliphatic heterocycles. The molecule has 0 amide bonds. The van der Waals surface area contributed by atoms with E-state index >= 15 is 0 Å². The molecule has 1 unspecified atom stereocenters. The summed E-state index contributed by atoms with van der Waals surface area (Å²) < 4.78 is 27.4. The van der Waals surface area contributed by atoms with Gasteiger partial charge in [0.05, 0.1) is 4.90 Å². The van der Waals surface area contributed by atoms with Crippen LogP contribution < -0.4 is 10.5 Å². The number of nitrogens with one attached hydrogen (secondary N) is 1. The highest BCUT2D eigenvalue weighted by Gasteiger charge is 2.26. The van der Waals surface area contributed by atoms with Crippen LogP contribution in [-0.2, 0) is 22.9 Å². The van der Waals surface area contributed by atoms with E-state index in [1.807, 2.05) is 18.2 Å². The van der Waals surface area contributed by atoms with Crippen LogP contribution in [0.4, 0.5) is 5.69 Å². The Labute approximate surface area is 129 Å². The zero-order valence-corrected chi connectivity index (χ0v) is 12.8. The summed E-state index contributed by atoms with van der Waals surface area (Å²) in [5.74, 6) is 0. The van der Waals surface area contributed by atoms with Crippen LogP contribution in [0.15, 0.2) is 47.4 Å². The van der Waals surface area contributed by atoms with Gasteiger partial charge in [0, 0.05) is 16.8 Å². The fraction of sp³-hybridized carbons (Fsp3) is 0.200. The number of rotatable bonds is 3. The van der Waals surface area contributed by atoms with Crippen molar-refractivity contribution in [3.8, 4) is 0 Å². The van der Waals surface area contributed by atoms with Crippen LogP contribution in [0.1, 0.15) is 11.1 Å². The Morgan fingerprint density at radius 1 is 1.05 bits per heavy atom. The second-order valence-electron chi connectivity index (χ2n) is 5.21. The van der Waals surface area contributed by atoms with Gasteiger partial charge in [0.25, 0.3) is 0 Å². The second kappa shape index (κ2) is 5.33. The van der Waals surface area contributed by atoms with Gasteiger partial charge in [0.1, 0.15) is 0 Å². The van der Waals surface area contributed by atoms with E-state index in [0.717, 1.165) is 11.1 Å². The Morgan fingerprint density at radius 3 is 2.43 bits per heavy atom. The van der Waals surface area contributed by atoms with Crippen LogP contribution in [0, 0.1) is 0 Å². The summed E-state index contributed by atoms with van der Waals surface area (Å²) >= 11 is 5.78. The number of fused-ring (bicyclic) bond motifs is 1. The van der Waals surface area contributed by atoms with Gasteiger partial charge in [-0.05, 0) is 60.4 Å². The third kappa shape index (κ3) is 3.05. The molecule has 0 spiro atoms. The van der Waals surface area contributed by atoms with E-state index in [1.165, 1.54) is 12.1 Å². The van der Waals surface area contributed by atoms with Gasteiger partial charge in [-0.2, -0.15) is 0 Å². The SMILES string of the molecule is Nc1ccc2c(c1)CC(NS(=O)(=O)c1ccc(Cl)cc1)C2. The third-order valence-electron chi connectivity index (χ3n) is 3.61. The summed E-state index contributed by atoms with van der Waals surface area (Å²) in [6, 6.07) is 11.7. The van der Waals surface area contributed by atoms with E-state index in [4.69, 9.17) is 17.3 Å². The van der Waals surface area contributed by atoms with Crippen molar-refractivity contribution in [2.45, 2.75) is 23.8 Å². The highest BCUT2D eigenvalue weighted by molar-refractivity contribution is 7.89. The molecule has 1 aliphatic rings. The molecule has 3 rings (SSSR count). The topological polar surface area (TPSA) is 72.2 Å². The van der Waals surface area contributed by atoms with Crippen molar-refractivity contribution in [2.24, 2.45) is 0 Å². The lowest BCUT2D eigenvalue weighted by atomic mass is 10.1. The largest absolute Gasteiger partial charge is 0.399 e. The molecule has 0 bridgehead atoms.